The molecule has 0 bridgehead atoms. The molecule has 0 aromatic heterocycles. The topological polar surface area (TPSA) is 33.7 Å². The zero-order chi connectivity index (χ0) is 14.6. The molecule has 0 fully saturated rings. The molecule has 0 radical (unpaired) electrons. The van der Waals surface area contributed by atoms with E-state index in [1.165, 1.54) is 11.1 Å². The fourth-order valence-electron chi connectivity index (χ4n) is 2.10. The minimum Gasteiger partial charge on any atom is -0.383 e. The van der Waals surface area contributed by atoms with Crippen LogP contribution < -0.4 is 5.32 Å². The van der Waals surface area contributed by atoms with E-state index in [-0.39, 0.29) is 0 Å². The van der Waals surface area contributed by atoms with E-state index in [1.807, 2.05) is 0 Å². The number of nitrogens with one attached hydrogen (secondary N) is 1. The quantitative estimate of drug-likeness (QED) is 0.671. The van der Waals surface area contributed by atoms with Crippen molar-refractivity contribution in [2.75, 3.05) is 47.1 Å². The molecule has 0 aliphatic rings. The monoisotopic (exact) mass is 280 g/mol. The summed E-state index contributed by atoms with van der Waals surface area (Å²) >= 11 is 0. The van der Waals surface area contributed by atoms with Crippen molar-refractivity contribution >= 4 is 0 Å². The third-order valence-corrected chi connectivity index (χ3v) is 3.30. The SMILES string of the molecule is CCNCc1ccccc1CN(CCOC)CCOC. The van der Waals surface area contributed by atoms with Gasteiger partial charge in [0, 0.05) is 40.4 Å². The molecule has 4 nitrogen and oxygen atoms in total. The van der Waals surface area contributed by atoms with Crippen LogP contribution in [-0.4, -0.2) is 52.0 Å². The molecule has 0 unspecified atom stereocenters. The Balaban J connectivity index is 2.65. The highest BCUT2D eigenvalue weighted by Gasteiger charge is 2.08. The lowest BCUT2D eigenvalue weighted by molar-refractivity contribution is 0.110. The number of hydrogen-bond donors (Lipinski definition) is 1. The minimum absolute atomic E-state index is 0.749. The number of ether oxygens (including phenoxy) is 2. The van der Waals surface area contributed by atoms with E-state index >= 15 is 0 Å². The number of hydrogen-bond acceptors (Lipinski definition) is 4. The van der Waals surface area contributed by atoms with Crippen LogP contribution in [0.25, 0.3) is 0 Å². The summed E-state index contributed by atoms with van der Waals surface area (Å²) in [6.07, 6.45) is 0. The van der Waals surface area contributed by atoms with Crippen molar-refractivity contribution in [3.63, 3.8) is 0 Å². The minimum atomic E-state index is 0.749. The standard InChI is InChI=1S/C16H28N2O2/c1-4-17-13-15-7-5-6-8-16(15)14-18(9-11-19-2)10-12-20-3/h5-8,17H,4,9-14H2,1-3H3. The molecule has 0 aliphatic heterocycles. The summed E-state index contributed by atoms with van der Waals surface area (Å²) in [6.45, 7) is 8.34. The highest BCUT2D eigenvalue weighted by atomic mass is 16.5. The zero-order valence-electron chi connectivity index (χ0n) is 13.0. The van der Waals surface area contributed by atoms with Crippen molar-refractivity contribution < 1.29 is 9.47 Å². The number of methoxy groups -OCH3 is 2. The van der Waals surface area contributed by atoms with Crippen molar-refractivity contribution in [3.05, 3.63) is 35.4 Å². The maximum atomic E-state index is 5.19. The normalized spacial score (nSPS) is 11.2. The van der Waals surface area contributed by atoms with Crippen LogP contribution in [0.3, 0.4) is 0 Å². The molecule has 0 heterocycles. The average Bonchev–Trinajstić information content (AvgIpc) is 2.49. The van der Waals surface area contributed by atoms with Gasteiger partial charge in [-0.3, -0.25) is 4.90 Å². The predicted octanol–water partition coefficient (Wildman–Crippen LogP) is 1.89. The molecule has 1 aromatic rings. The van der Waals surface area contributed by atoms with Crippen LogP contribution in [0.4, 0.5) is 0 Å². The Morgan fingerprint density at radius 3 is 2.15 bits per heavy atom. The van der Waals surface area contributed by atoms with Gasteiger partial charge in [-0.1, -0.05) is 31.2 Å². The summed E-state index contributed by atoms with van der Waals surface area (Å²) in [4.78, 5) is 2.37. The predicted molar refractivity (Wildman–Crippen MR) is 82.9 cm³/mol. The van der Waals surface area contributed by atoms with Gasteiger partial charge >= 0.3 is 0 Å². The molecule has 0 saturated carbocycles. The highest BCUT2D eigenvalue weighted by Crippen LogP contribution is 2.11. The Morgan fingerprint density at radius 1 is 1.00 bits per heavy atom. The van der Waals surface area contributed by atoms with Gasteiger partial charge in [0.25, 0.3) is 0 Å². The Kier molecular flexibility index (Phi) is 9.24. The first-order chi connectivity index (χ1) is 9.81. The molecule has 0 aliphatic carbocycles. The van der Waals surface area contributed by atoms with Gasteiger partial charge in [0.05, 0.1) is 13.2 Å². The van der Waals surface area contributed by atoms with Crippen molar-refractivity contribution in [3.8, 4) is 0 Å². The first-order valence-electron chi connectivity index (χ1n) is 7.29. The fraction of sp³-hybridized carbons (Fsp3) is 0.625. The van der Waals surface area contributed by atoms with Crippen molar-refractivity contribution in [2.24, 2.45) is 0 Å². The van der Waals surface area contributed by atoms with E-state index in [2.05, 4.69) is 41.4 Å². The van der Waals surface area contributed by atoms with Gasteiger partial charge in [0.2, 0.25) is 0 Å². The molecular weight excluding hydrogens is 252 g/mol. The van der Waals surface area contributed by atoms with Gasteiger partial charge in [0.15, 0.2) is 0 Å². The maximum Gasteiger partial charge on any atom is 0.0589 e. The van der Waals surface area contributed by atoms with E-state index in [1.54, 1.807) is 14.2 Å². The lowest BCUT2D eigenvalue weighted by Gasteiger charge is -2.23. The second kappa shape index (κ2) is 10.8. The van der Waals surface area contributed by atoms with Crippen molar-refractivity contribution in [2.45, 2.75) is 20.0 Å². The van der Waals surface area contributed by atoms with Crippen LogP contribution in [0.15, 0.2) is 24.3 Å². The molecular formula is C16H28N2O2. The summed E-state index contributed by atoms with van der Waals surface area (Å²) in [5, 5.41) is 3.40. The second-order valence-corrected chi connectivity index (χ2v) is 4.81. The molecule has 1 aromatic carbocycles. The van der Waals surface area contributed by atoms with Crippen molar-refractivity contribution in [1.29, 1.82) is 0 Å². The summed E-state index contributed by atoms with van der Waals surface area (Å²) < 4.78 is 10.4. The van der Waals surface area contributed by atoms with Crippen LogP contribution in [0, 0.1) is 0 Å². The lowest BCUT2D eigenvalue weighted by atomic mass is 10.1. The molecule has 0 amide bonds. The van der Waals surface area contributed by atoms with Crippen LogP contribution in [0.5, 0.6) is 0 Å². The Labute approximate surface area is 123 Å². The Morgan fingerprint density at radius 2 is 1.60 bits per heavy atom. The van der Waals surface area contributed by atoms with Gasteiger partial charge in [-0.2, -0.15) is 0 Å². The zero-order valence-corrected chi connectivity index (χ0v) is 13.0. The summed E-state index contributed by atoms with van der Waals surface area (Å²) in [5.74, 6) is 0. The lowest BCUT2D eigenvalue weighted by Crippen LogP contribution is -2.31. The van der Waals surface area contributed by atoms with Gasteiger partial charge in [-0.25, -0.2) is 0 Å². The molecule has 114 valence electrons. The van der Waals surface area contributed by atoms with Gasteiger partial charge < -0.3 is 14.8 Å². The molecule has 20 heavy (non-hydrogen) atoms. The average molecular weight is 280 g/mol. The first kappa shape index (κ1) is 17.1. The smallest absolute Gasteiger partial charge is 0.0589 e. The fourth-order valence-corrected chi connectivity index (χ4v) is 2.10. The molecule has 4 heteroatoms. The number of nitrogens with zero attached hydrogens (tertiary/aromatic N) is 1. The van der Waals surface area contributed by atoms with E-state index in [9.17, 15) is 0 Å². The molecule has 0 saturated heterocycles. The van der Waals surface area contributed by atoms with Gasteiger partial charge in [0.1, 0.15) is 0 Å². The Hall–Kier alpha value is -0.940. The summed E-state index contributed by atoms with van der Waals surface area (Å²) in [7, 11) is 3.49. The summed E-state index contributed by atoms with van der Waals surface area (Å²) in [5.41, 5.74) is 2.75. The van der Waals surface area contributed by atoms with E-state index in [4.69, 9.17) is 9.47 Å². The van der Waals surface area contributed by atoms with E-state index in [0.29, 0.717) is 0 Å². The van der Waals surface area contributed by atoms with Crippen molar-refractivity contribution in [1.82, 2.24) is 10.2 Å². The molecule has 1 N–H and O–H groups in total. The Bertz CT molecular complexity index is 350. The van der Waals surface area contributed by atoms with E-state index < -0.39 is 0 Å². The molecule has 0 atom stereocenters. The van der Waals surface area contributed by atoms with Crippen LogP contribution in [-0.2, 0) is 22.6 Å². The second-order valence-electron chi connectivity index (χ2n) is 4.81. The van der Waals surface area contributed by atoms with Gasteiger partial charge in [-0.05, 0) is 17.7 Å². The maximum absolute atomic E-state index is 5.19. The third kappa shape index (κ3) is 6.48. The van der Waals surface area contributed by atoms with Crippen LogP contribution in [0.2, 0.25) is 0 Å². The number of rotatable bonds is 11. The molecule has 0 spiro atoms. The van der Waals surface area contributed by atoms with Crippen LogP contribution >= 0.6 is 0 Å². The summed E-state index contributed by atoms with van der Waals surface area (Å²) in [6, 6.07) is 8.61. The molecule has 1 rings (SSSR count). The first-order valence-corrected chi connectivity index (χ1v) is 7.29. The highest BCUT2D eigenvalue weighted by molar-refractivity contribution is 5.27. The third-order valence-electron chi connectivity index (χ3n) is 3.30. The number of benzene rings is 1. The largest absolute Gasteiger partial charge is 0.383 e. The van der Waals surface area contributed by atoms with Crippen LogP contribution in [0.1, 0.15) is 18.1 Å². The van der Waals surface area contributed by atoms with Gasteiger partial charge in [-0.15, -0.1) is 0 Å². The van der Waals surface area contributed by atoms with E-state index in [0.717, 1.165) is 45.9 Å².